The van der Waals surface area contributed by atoms with E-state index in [2.05, 4.69) is 29.9 Å². The average molecular weight is 433 g/mol. The molecule has 4 rings (SSSR count). The van der Waals surface area contributed by atoms with Crippen LogP contribution in [-0.4, -0.2) is 12.5 Å². The van der Waals surface area contributed by atoms with E-state index in [1.54, 1.807) is 6.07 Å². The zero-order chi connectivity index (χ0) is 22.0. The number of halogens is 4. The maximum absolute atomic E-state index is 14.8. The van der Waals surface area contributed by atoms with Gasteiger partial charge in [-0.15, -0.1) is 13.2 Å². The Hall–Kier alpha value is -2.30. The van der Waals surface area contributed by atoms with Gasteiger partial charge < -0.3 is 4.74 Å². The summed E-state index contributed by atoms with van der Waals surface area (Å²) in [6.07, 6.45) is 2.74. The lowest BCUT2D eigenvalue weighted by atomic mass is 9.75. The van der Waals surface area contributed by atoms with Crippen molar-refractivity contribution in [3.63, 3.8) is 0 Å². The van der Waals surface area contributed by atoms with Crippen LogP contribution in [0.5, 0.6) is 5.75 Å². The predicted octanol–water partition coefficient (Wildman–Crippen LogP) is 7.79. The molecule has 0 bridgehead atoms. The summed E-state index contributed by atoms with van der Waals surface area (Å²) < 4.78 is 56.1. The molecule has 2 aromatic carbocycles. The second-order valence-electron chi connectivity index (χ2n) is 8.80. The molecule has 0 radical (unpaired) electrons. The molecule has 0 N–H and O–H groups in total. The first-order valence-corrected chi connectivity index (χ1v) is 11.1. The topological polar surface area (TPSA) is 9.23 Å². The van der Waals surface area contributed by atoms with E-state index in [-0.39, 0.29) is 11.7 Å². The molecule has 31 heavy (non-hydrogen) atoms. The third-order valence-electron chi connectivity index (χ3n) is 6.65. The van der Waals surface area contributed by atoms with Crippen LogP contribution in [-0.2, 0) is 12.8 Å². The number of hydrogen-bond acceptors (Lipinski definition) is 1. The maximum Gasteiger partial charge on any atom is 0.573 e. The number of rotatable bonds is 5. The summed E-state index contributed by atoms with van der Waals surface area (Å²) in [7, 11) is 0. The van der Waals surface area contributed by atoms with Crippen LogP contribution in [0, 0.1) is 5.92 Å². The molecule has 3 atom stereocenters. The highest BCUT2D eigenvalue weighted by atomic mass is 19.4. The van der Waals surface area contributed by atoms with E-state index < -0.39 is 12.5 Å². The second-order valence-corrected chi connectivity index (χ2v) is 8.80. The number of benzene rings is 2. The summed E-state index contributed by atoms with van der Waals surface area (Å²) in [6, 6.07) is 12.7. The van der Waals surface area contributed by atoms with Gasteiger partial charge in [-0.1, -0.05) is 56.2 Å². The molecule has 0 aliphatic heterocycles. The fraction of sp³-hybridized carbons (Fsp3) is 0.462. The van der Waals surface area contributed by atoms with Crippen molar-refractivity contribution in [2.45, 2.75) is 70.3 Å². The van der Waals surface area contributed by atoms with Gasteiger partial charge in [-0.05, 0) is 78.0 Å². The van der Waals surface area contributed by atoms with Gasteiger partial charge in [0.15, 0.2) is 0 Å². The molecule has 0 saturated heterocycles. The van der Waals surface area contributed by atoms with Crippen LogP contribution in [0.1, 0.15) is 67.2 Å². The number of ether oxygens (including phenoxy) is 1. The second kappa shape index (κ2) is 9.05. The largest absolute Gasteiger partial charge is 0.573 e. The minimum Gasteiger partial charge on any atom is -0.406 e. The van der Waals surface area contributed by atoms with Crippen molar-refractivity contribution in [2.75, 3.05) is 0 Å². The molecule has 3 unspecified atom stereocenters. The summed E-state index contributed by atoms with van der Waals surface area (Å²) in [5.74, 6) is 0.321. The molecule has 0 aromatic heterocycles. The van der Waals surface area contributed by atoms with Gasteiger partial charge in [-0.25, -0.2) is 4.39 Å². The summed E-state index contributed by atoms with van der Waals surface area (Å²) in [5.41, 5.74) is 5.16. The minimum absolute atomic E-state index is 0.0183. The lowest BCUT2D eigenvalue weighted by Gasteiger charge is -2.32. The molecular weight excluding hydrogens is 404 g/mol. The van der Waals surface area contributed by atoms with E-state index in [1.807, 2.05) is 12.1 Å². The molecule has 0 spiro atoms. The Labute approximate surface area is 181 Å². The van der Waals surface area contributed by atoms with Crippen molar-refractivity contribution in [3.8, 4) is 5.75 Å². The lowest BCUT2D eigenvalue weighted by molar-refractivity contribution is -0.274. The molecule has 1 fully saturated rings. The molecule has 2 aromatic rings. The number of fused-ring (bicyclic) bond motifs is 1. The van der Waals surface area contributed by atoms with E-state index in [0.717, 1.165) is 53.5 Å². The fourth-order valence-electron chi connectivity index (χ4n) is 5.08. The summed E-state index contributed by atoms with van der Waals surface area (Å²) in [4.78, 5) is 0. The Kier molecular flexibility index (Phi) is 6.40. The number of alkyl halides is 4. The quantitative estimate of drug-likeness (QED) is 0.438. The van der Waals surface area contributed by atoms with Crippen LogP contribution < -0.4 is 4.74 Å². The van der Waals surface area contributed by atoms with Crippen molar-refractivity contribution < 1.29 is 22.3 Å². The van der Waals surface area contributed by atoms with Gasteiger partial charge in [0.05, 0.1) is 0 Å². The third-order valence-corrected chi connectivity index (χ3v) is 6.65. The molecule has 1 saturated carbocycles. The van der Waals surface area contributed by atoms with Crippen LogP contribution >= 0.6 is 0 Å². The molecule has 1 nitrogen and oxygen atoms in total. The number of hydrogen-bond donors (Lipinski definition) is 0. The molecule has 166 valence electrons. The summed E-state index contributed by atoms with van der Waals surface area (Å²) >= 11 is 0. The Morgan fingerprint density at radius 2 is 1.77 bits per heavy atom. The average Bonchev–Trinajstić information content (AvgIpc) is 2.73. The van der Waals surface area contributed by atoms with Gasteiger partial charge in [0.2, 0.25) is 0 Å². The van der Waals surface area contributed by atoms with E-state index >= 15 is 0 Å². The molecule has 2 aliphatic carbocycles. The van der Waals surface area contributed by atoms with Crippen molar-refractivity contribution >= 4 is 5.57 Å². The van der Waals surface area contributed by atoms with Gasteiger partial charge >= 0.3 is 6.36 Å². The number of allylic oxidation sites excluding steroid dienone is 2. The smallest absolute Gasteiger partial charge is 0.406 e. The van der Waals surface area contributed by atoms with Crippen molar-refractivity contribution in [1.29, 1.82) is 0 Å². The molecule has 2 aliphatic rings. The first kappa shape index (κ1) is 21.9. The highest BCUT2D eigenvalue weighted by molar-refractivity contribution is 5.71. The maximum atomic E-state index is 14.8. The predicted molar refractivity (Wildman–Crippen MR) is 115 cm³/mol. The van der Waals surface area contributed by atoms with Gasteiger partial charge in [0.1, 0.15) is 11.9 Å². The van der Waals surface area contributed by atoms with Crippen LogP contribution in [0.4, 0.5) is 17.6 Å². The van der Waals surface area contributed by atoms with Crippen LogP contribution in [0.3, 0.4) is 0 Å². The Bertz CT molecular complexity index is 929. The zero-order valence-corrected chi connectivity index (χ0v) is 17.7. The molecule has 0 amide bonds. The van der Waals surface area contributed by atoms with Gasteiger partial charge in [-0.3, -0.25) is 0 Å². The SMILES string of the molecule is CCCC1CCC(c2ccc(C3=CCc4cc(OC(F)(F)F)ccc4C3)cc2)C(F)C1. The van der Waals surface area contributed by atoms with E-state index in [4.69, 9.17) is 0 Å². The molecule has 0 heterocycles. The van der Waals surface area contributed by atoms with Gasteiger partial charge in [0, 0.05) is 5.92 Å². The summed E-state index contributed by atoms with van der Waals surface area (Å²) in [6.45, 7) is 2.16. The first-order valence-electron chi connectivity index (χ1n) is 11.1. The molecule has 5 heteroatoms. The normalized spacial score (nSPS) is 23.8. The minimum atomic E-state index is -4.68. The fourth-order valence-corrected chi connectivity index (χ4v) is 5.08. The van der Waals surface area contributed by atoms with Crippen molar-refractivity contribution in [3.05, 3.63) is 70.8 Å². The van der Waals surface area contributed by atoms with E-state index in [0.29, 0.717) is 25.2 Å². The van der Waals surface area contributed by atoms with Crippen LogP contribution in [0.25, 0.3) is 5.57 Å². The lowest BCUT2D eigenvalue weighted by Crippen LogP contribution is -2.24. The Balaban J connectivity index is 1.43. The standard InChI is InChI=1S/C26H28F4O/c1-2-3-17-4-13-24(25(27)14-17)19-7-5-18(6-8-19)20-9-10-22-16-23(31-26(28,29)30)12-11-21(22)15-20/h5-9,11-12,16-17,24-25H,2-4,10,13-15H2,1H3. The van der Waals surface area contributed by atoms with E-state index in [9.17, 15) is 17.6 Å². The van der Waals surface area contributed by atoms with E-state index in [1.165, 1.54) is 12.1 Å². The highest BCUT2D eigenvalue weighted by Crippen LogP contribution is 2.40. The Morgan fingerprint density at radius 1 is 1.00 bits per heavy atom. The zero-order valence-electron chi connectivity index (χ0n) is 17.7. The summed E-state index contributed by atoms with van der Waals surface area (Å²) in [5, 5.41) is 0. The Morgan fingerprint density at radius 3 is 2.45 bits per heavy atom. The third kappa shape index (κ3) is 5.31. The van der Waals surface area contributed by atoms with Crippen molar-refractivity contribution in [2.24, 2.45) is 5.92 Å². The molecular formula is C26H28F4O. The monoisotopic (exact) mass is 432 g/mol. The van der Waals surface area contributed by atoms with Gasteiger partial charge in [-0.2, -0.15) is 0 Å². The highest BCUT2D eigenvalue weighted by Gasteiger charge is 2.32. The van der Waals surface area contributed by atoms with Gasteiger partial charge in [0.25, 0.3) is 0 Å². The van der Waals surface area contributed by atoms with Crippen LogP contribution in [0.15, 0.2) is 48.5 Å². The van der Waals surface area contributed by atoms with Crippen LogP contribution in [0.2, 0.25) is 0 Å². The first-order chi connectivity index (χ1) is 14.8. The van der Waals surface area contributed by atoms with Crippen molar-refractivity contribution in [1.82, 2.24) is 0 Å².